The number of aromatic nitrogens is 3. The van der Waals surface area contributed by atoms with Gasteiger partial charge in [0.05, 0.1) is 16.7 Å². The van der Waals surface area contributed by atoms with Gasteiger partial charge in [0.1, 0.15) is 5.56 Å². The SMILES string of the molecule is CCOC(=O)c1c[nH]n2c(=O)c(Cc3ccc(Cl)c(Cl)c3)c(C)nc12. The van der Waals surface area contributed by atoms with E-state index in [4.69, 9.17) is 27.9 Å². The minimum atomic E-state index is -0.523. The molecule has 0 fully saturated rings. The molecule has 25 heavy (non-hydrogen) atoms. The van der Waals surface area contributed by atoms with Crippen LogP contribution in [0, 0.1) is 6.92 Å². The molecule has 0 saturated carbocycles. The van der Waals surface area contributed by atoms with Crippen LogP contribution in [0.5, 0.6) is 0 Å². The number of H-pyrrole nitrogens is 1. The van der Waals surface area contributed by atoms with E-state index in [1.165, 1.54) is 10.7 Å². The monoisotopic (exact) mass is 379 g/mol. The van der Waals surface area contributed by atoms with Crippen molar-refractivity contribution in [2.75, 3.05) is 6.61 Å². The average molecular weight is 380 g/mol. The molecule has 1 aromatic carbocycles. The number of benzene rings is 1. The topological polar surface area (TPSA) is 76.5 Å². The van der Waals surface area contributed by atoms with E-state index < -0.39 is 5.97 Å². The summed E-state index contributed by atoms with van der Waals surface area (Å²) < 4.78 is 6.23. The number of nitrogens with one attached hydrogen (secondary N) is 1. The fourth-order valence-electron chi connectivity index (χ4n) is 2.57. The molecule has 3 rings (SSSR count). The molecule has 3 aromatic rings. The zero-order valence-electron chi connectivity index (χ0n) is 13.6. The van der Waals surface area contributed by atoms with Gasteiger partial charge in [0.2, 0.25) is 0 Å². The number of aryl methyl sites for hydroxylation is 1. The van der Waals surface area contributed by atoms with Crippen molar-refractivity contribution in [3.63, 3.8) is 0 Å². The third kappa shape index (κ3) is 3.27. The van der Waals surface area contributed by atoms with Crippen molar-refractivity contribution < 1.29 is 9.53 Å². The molecule has 2 aromatic heterocycles. The van der Waals surface area contributed by atoms with E-state index in [1.807, 2.05) is 0 Å². The van der Waals surface area contributed by atoms with Crippen molar-refractivity contribution in [3.8, 4) is 0 Å². The number of carbonyl (C=O) groups is 1. The summed E-state index contributed by atoms with van der Waals surface area (Å²) in [5.74, 6) is -0.523. The van der Waals surface area contributed by atoms with E-state index in [0.29, 0.717) is 27.7 Å². The van der Waals surface area contributed by atoms with E-state index >= 15 is 0 Å². The number of hydrogen-bond acceptors (Lipinski definition) is 4. The molecule has 6 nitrogen and oxygen atoms in total. The summed E-state index contributed by atoms with van der Waals surface area (Å²) in [6.07, 6.45) is 1.77. The molecule has 0 saturated heterocycles. The van der Waals surface area contributed by atoms with Crippen LogP contribution in [-0.2, 0) is 11.2 Å². The number of halogens is 2. The number of carbonyl (C=O) groups excluding carboxylic acids is 1. The number of fused-ring (bicyclic) bond motifs is 1. The van der Waals surface area contributed by atoms with Crippen molar-refractivity contribution in [2.24, 2.45) is 0 Å². The van der Waals surface area contributed by atoms with Gasteiger partial charge in [0.15, 0.2) is 5.65 Å². The van der Waals surface area contributed by atoms with Gasteiger partial charge in [-0.25, -0.2) is 14.3 Å². The second-order valence-corrected chi connectivity index (χ2v) is 6.29. The number of rotatable bonds is 4. The van der Waals surface area contributed by atoms with Crippen LogP contribution in [0.3, 0.4) is 0 Å². The van der Waals surface area contributed by atoms with E-state index in [1.54, 1.807) is 32.0 Å². The highest BCUT2D eigenvalue weighted by Crippen LogP contribution is 2.24. The van der Waals surface area contributed by atoms with Crippen molar-refractivity contribution in [1.29, 1.82) is 0 Å². The zero-order chi connectivity index (χ0) is 18.1. The molecular weight excluding hydrogens is 365 g/mol. The highest BCUT2D eigenvalue weighted by Gasteiger charge is 2.19. The van der Waals surface area contributed by atoms with Gasteiger partial charge >= 0.3 is 5.97 Å². The molecule has 0 amide bonds. The van der Waals surface area contributed by atoms with Crippen LogP contribution >= 0.6 is 23.2 Å². The lowest BCUT2D eigenvalue weighted by Gasteiger charge is -2.07. The maximum Gasteiger partial charge on any atom is 0.343 e. The fraction of sp³-hybridized carbons (Fsp3) is 0.235. The minimum Gasteiger partial charge on any atom is -0.462 e. The van der Waals surface area contributed by atoms with Crippen molar-refractivity contribution in [3.05, 3.63) is 67.2 Å². The Morgan fingerprint density at radius 1 is 1.32 bits per heavy atom. The molecule has 2 heterocycles. The molecule has 0 aliphatic carbocycles. The van der Waals surface area contributed by atoms with Gasteiger partial charge < -0.3 is 4.74 Å². The van der Waals surface area contributed by atoms with E-state index in [-0.39, 0.29) is 23.4 Å². The quantitative estimate of drug-likeness (QED) is 0.704. The first-order valence-electron chi connectivity index (χ1n) is 7.63. The highest BCUT2D eigenvalue weighted by molar-refractivity contribution is 6.42. The Bertz CT molecular complexity index is 1020. The molecule has 0 spiro atoms. The second-order valence-electron chi connectivity index (χ2n) is 5.47. The average Bonchev–Trinajstić information content (AvgIpc) is 2.99. The molecule has 0 aliphatic rings. The van der Waals surface area contributed by atoms with Crippen LogP contribution in [0.25, 0.3) is 5.65 Å². The van der Waals surface area contributed by atoms with Gasteiger partial charge in [0.25, 0.3) is 5.56 Å². The van der Waals surface area contributed by atoms with Crippen molar-refractivity contribution in [2.45, 2.75) is 20.3 Å². The fourth-order valence-corrected chi connectivity index (χ4v) is 2.89. The maximum absolute atomic E-state index is 12.8. The molecule has 8 heteroatoms. The summed E-state index contributed by atoms with van der Waals surface area (Å²) in [6.45, 7) is 3.69. The summed E-state index contributed by atoms with van der Waals surface area (Å²) in [5.41, 5.74) is 2.09. The van der Waals surface area contributed by atoms with Crippen molar-refractivity contribution >= 4 is 34.8 Å². The van der Waals surface area contributed by atoms with Gasteiger partial charge in [-0.2, -0.15) is 0 Å². The van der Waals surface area contributed by atoms with Crippen LogP contribution < -0.4 is 5.56 Å². The van der Waals surface area contributed by atoms with Gasteiger partial charge in [-0.1, -0.05) is 29.3 Å². The lowest BCUT2D eigenvalue weighted by molar-refractivity contribution is 0.0528. The first kappa shape index (κ1) is 17.5. The summed E-state index contributed by atoms with van der Waals surface area (Å²) in [6, 6.07) is 5.21. The molecule has 1 N–H and O–H groups in total. The largest absolute Gasteiger partial charge is 0.462 e. The summed E-state index contributed by atoms with van der Waals surface area (Å²) in [5, 5.41) is 3.64. The zero-order valence-corrected chi connectivity index (χ0v) is 15.1. The Hall–Kier alpha value is -2.31. The first-order chi connectivity index (χ1) is 11.9. The molecule has 0 aliphatic heterocycles. The summed E-state index contributed by atoms with van der Waals surface area (Å²) in [4.78, 5) is 29.2. The predicted octanol–water partition coefficient (Wildman–Crippen LogP) is 3.41. The smallest absolute Gasteiger partial charge is 0.343 e. The Labute approximate surface area is 153 Å². The third-order valence-electron chi connectivity index (χ3n) is 3.82. The van der Waals surface area contributed by atoms with Gasteiger partial charge in [-0.15, -0.1) is 0 Å². The Kier molecular flexibility index (Phi) is 4.83. The van der Waals surface area contributed by atoms with Crippen LogP contribution in [-0.4, -0.2) is 27.2 Å². The normalized spacial score (nSPS) is 11.0. The molecule has 0 bridgehead atoms. The standard InChI is InChI=1S/C17H15Cl2N3O3/c1-3-25-17(24)12-8-20-22-15(12)21-9(2)11(16(22)23)6-10-4-5-13(18)14(19)7-10/h4-5,7-8,20H,3,6H2,1-2H3. The Balaban J connectivity index is 2.07. The molecular formula is C17H15Cl2N3O3. The number of nitrogens with zero attached hydrogens (tertiary/aromatic N) is 2. The van der Waals surface area contributed by atoms with Crippen LogP contribution in [0.4, 0.5) is 0 Å². The number of ether oxygens (including phenoxy) is 1. The Morgan fingerprint density at radius 3 is 2.76 bits per heavy atom. The lowest BCUT2D eigenvalue weighted by Crippen LogP contribution is -2.22. The van der Waals surface area contributed by atoms with Crippen LogP contribution in [0.2, 0.25) is 10.0 Å². The molecule has 130 valence electrons. The van der Waals surface area contributed by atoms with E-state index in [2.05, 4.69) is 10.1 Å². The van der Waals surface area contributed by atoms with Gasteiger partial charge in [-0.3, -0.25) is 9.89 Å². The molecule has 0 radical (unpaired) electrons. The first-order valence-corrected chi connectivity index (χ1v) is 8.38. The molecule has 0 atom stereocenters. The van der Waals surface area contributed by atoms with E-state index in [9.17, 15) is 9.59 Å². The van der Waals surface area contributed by atoms with Gasteiger partial charge in [-0.05, 0) is 31.5 Å². The second kappa shape index (κ2) is 6.90. The van der Waals surface area contributed by atoms with Crippen LogP contribution in [0.1, 0.15) is 34.1 Å². The summed E-state index contributed by atoms with van der Waals surface area (Å²) in [7, 11) is 0. The summed E-state index contributed by atoms with van der Waals surface area (Å²) >= 11 is 12.0. The number of hydrogen-bond donors (Lipinski definition) is 1. The number of aromatic amines is 1. The van der Waals surface area contributed by atoms with Crippen LogP contribution in [0.15, 0.2) is 29.2 Å². The maximum atomic E-state index is 12.8. The number of esters is 1. The lowest BCUT2D eigenvalue weighted by atomic mass is 10.1. The van der Waals surface area contributed by atoms with Gasteiger partial charge in [0, 0.05) is 23.9 Å². The third-order valence-corrected chi connectivity index (χ3v) is 4.56. The Morgan fingerprint density at radius 2 is 2.08 bits per heavy atom. The minimum absolute atomic E-state index is 0.225. The van der Waals surface area contributed by atoms with E-state index in [0.717, 1.165) is 5.56 Å². The molecule has 0 unspecified atom stereocenters. The predicted molar refractivity (Wildman–Crippen MR) is 95.8 cm³/mol. The van der Waals surface area contributed by atoms with Crippen molar-refractivity contribution in [1.82, 2.24) is 14.6 Å². The highest BCUT2D eigenvalue weighted by atomic mass is 35.5.